The van der Waals surface area contributed by atoms with E-state index in [1.165, 1.54) is 11.3 Å². The maximum absolute atomic E-state index is 3.95. The van der Waals surface area contributed by atoms with Crippen LogP contribution in [0.2, 0.25) is 0 Å². The number of hydrogen-bond acceptors (Lipinski definition) is 1. The first-order valence-corrected chi connectivity index (χ1v) is 4.05. The van der Waals surface area contributed by atoms with E-state index in [1.54, 1.807) is 0 Å². The standard InChI is InChI=1S/C10H19N/c1-7(2)10(8(3)4)9(5)11-6/h8,11H,1H2,2-6H3/b10-9-. The van der Waals surface area contributed by atoms with Crippen molar-refractivity contribution >= 4 is 0 Å². The van der Waals surface area contributed by atoms with Crippen LogP contribution in [0.5, 0.6) is 0 Å². The van der Waals surface area contributed by atoms with Crippen molar-refractivity contribution in [3.8, 4) is 0 Å². The van der Waals surface area contributed by atoms with Gasteiger partial charge in [-0.1, -0.05) is 26.0 Å². The van der Waals surface area contributed by atoms with Gasteiger partial charge in [0.05, 0.1) is 0 Å². The number of nitrogens with one attached hydrogen (secondary N) is 1. The summed E-state index contributed by atoms with van der Waals surface area (Å²) in [7, 11) is 1.95. The molecule has 0 rings (SSSR count). The average Bonchev–Trinajstić information content (AvgIpc) is 1.85. The average molecular weight is 153 g/mol. The SMILES string of the molecule is C=C(C)/C(=C(\C)NC)C(C)C. The monoisotopic (exact) mass is 153 g/mol. The van der Waals surface area contributed by atoms with E-state index in [1.807, 2.05) is 7.05 Å². The van der Waals surface area contributed by atoms with Gasteiger partial charge in [0.25, 0.3) is 0 Å². The Morgan fingerprint density at radius 3 is 1.82 bits per heavy atom. The highest BCUT2D eigenvalue weighted by atomic mass is 14.8. The maximum Gasteiger partial charge on any atom is 0.0110 e. The lowest BCUT2D eigenvalue weighted by Gasteiger charge is -2.15. The van der Waals surface area contributed by atoms with E-state index in [9.17, 15) is 0 Å². The zero-order chi connectivity index (χ0) is 9.02. The molecule has 0 aliphatic heterocycles. The zero-order valence-corrected chi connectivity index (χ0v) is 8.28. The summed E-state index contributed by atoms with van der Waals surface area (Å²) in [6.45, 7) is 12.5. The summed E-state index contributed by atoms with van der Waals surface area (Å²) in [5.41, 5.74) is 3.73. The molecule has 0 saturated carbocycles. The van der Waals surface area contributed by atoms with Crippen LogP contribution in [0.4, 0.5) is 0 Å². The minimum atomic E-state index is 0.556. The molecule has 0 unspecified atom stereocenters. The Morgan fingerprint density at radius 2 is 1.73 bits per heavy atom. The predicted molar refractivity (Wildman–Crippen MR) is 51.4 cm³/mol. The molecule has 0 aromatic heterocycles. The largest absolute Gasteiger partial charge is 0.391 e. The lowest BCUT2D eigenvalue weighted by molar-refractivity contribution is 0.748. The maximum atomic E-state index is 3.95. The Balaban J connectivity index is 4.73. The van der Waals surface area contributed by atoms with E-state index in [4.69, 9.17) is 0 Å². The zero-order valence-electron chi connectivity index (χ0n) is 8.28. The van der Waals surface area contributed by atoms with Crippen LogP contribution in [0.3, 0.4) is 0 Å². The number of hydrogen-bond donors (Lipinski definition) is 1. The van der Waals surface area contributed by atoms with Gasteiger partial charge in [-0.05, 0) is 25.3 Å². The van der Waals surface area contributed by atoms with Crippen molar-refractivity contribution in [3.05, 3.63) is 23.4 Å². The van der Waals surface area contributed by atoms with E-state index < -0.39 is 0 Å². The summed E-state index contributed by atoms with van der Waals surface area (Å²) >= 11 is 0. The first kappa shape index (κ1) is 10.3. The second-order valence-electron chi connectivity index (χ2n) is 3.22. The van der Waals surface area contributed by atoms with Crippen molar-refractivity contribution in [2.75, 3.05) is 7.05 Å². The molecule has 0 aromatic carbocycles. The van der Waals surface area contributed by atoms with Gasteiger partial charge >= 0.3 is 0 Å². The summed E-state index contributed by atoms with van der Waals surface area (Å²) in [4.78, 5) is 0. The van der Waals surface area contributed by atoms with Crippen LogP contribution in [0.15, 0.2) is 23.4 Å². The van der Waals surface area contributed by atoms with Gasteiger partial charge < -0.3 is 5.32 Å². The molecule has 64 valence electrons. The summed E-state index contributed by atoms with van der Waals surface area (Å²) < 4.78 is 0. The summed E-state index contributed by atoms with van der Waals surface area (Å²) in [5.74, 6) is 0.556. The van der Waals surface area contributed by atoms with Crippen molar-refractivity contribution < 1.29 is 0 Å². The Labute approximate surface area is 70.2 Å². The molecular formula is C10H19N. The molecule has 0 aliphatic carbocycles. The number of allylic oxidation sites excluding steroid dienone is 3. The molecule has 1 nitrogen and oxygen atoms in total. The molecule has 0 bridgehead atoms. The third-order valence-corrected chi connectivity index (χ3v) is 1.82. The molecule has 0 atom stereocenters. The molecule has 11 heavy (non-hydrogen) atoms. The number of rotatable bonds is 3. The fourth-order valence-corrected chi connectivity index (χ4v) is 1.38. The Kier molecular flexibility index (Phi) is 3.94. The van der Waals surface area contributed by atoms with E-state index >= 15 is 0 Å². The highest BCUT2D eigenvalue weighted by Crippen LogP contribution is 2.19. The highest BCUT2D eigenvalue weighted by molar-refractivity contribution is 5.31. The molecule has 0 radical (unpaired) electrons. The van der Waals surface area contributed by atoms with Crippen molar-refractivity contribution in [1.29, 1.82) is 0 Å². The minimum Gasteiger partial charge on any atom is -0.391 e. The van der Waals surface area contributed by atoms with E-state index in [2.05, 4.69) is 39.6 Å². The van der Waals surface area contributed by atoms with E-state index in [0.717, 1.165) is 5.57 Å². The first-order chi connectivity index (χ1) is 5.00. The Morgan fingerprint density at radius 1 is 1.27 bits per heavy atom. The summed E-state index contributed by atoms with van der Waals surface area (Å²) in [5, 5.41) is 3.15. The molecule has 0 fully saturated rings. The van der Waals surface area contributed by atoms with Crippen LogP contribution < -0.4 is 5.32 Å². The lowest BCUT2D eigenvalue weighted by atomic mass is 9.95. The van der Waals surface area contributed by atoms with Crippen molar-refractivity contribution in [1.82, 2.24) is 5.32 Å². The fourth-order valence-electron chi connectivity index (χ4n) is 1.38. The van der Waals surface area contributed by atoms with Gasteiger partial charge in [0.1, 0.15) is 0 Å². The summed E-state index contributed by atoms with van der Waals surface area (Å²) in [6.07, 6.45) is 0. The molecule has 0 aromatic rings. The molecule has 1 N–H and O–H groups in total. The molecule has 0 aliphatic rings. The van der Waals surface area contributed by atoms with Crippen LogP contribution in [0.25, 0.3) is 0 Å². The van der Waals surface area contributed by atoms with Crippen LogP contribution in [-0.4, -0.2) is 7.05 Å². The smallest absolute Gasteiger partial charge is 0.0110 e. The Bertz CT molecular complexity index is 175. The van der Waals surface area contributed by atoms with Crippen LogP contribution >= 0.6 is 0 Å². The predicted octanol–water partition coefficient (Wildman–Crippen LogP) is 2.71. The second kappa shape index (κ2) is 4.22. The minimum absolute atomic E-state index is 0.556. The van der Waals surface area contributed by atoms with Gasteiger partial charge in [-0.2, -0.15) is 0 Å². The van der Waals surface area contributed by atoms with Crippen LogP contribution in [-0.2, 0) is 0 Å². The van der Waals surface area contributed by atoms with Gasteiger partial charge in [-0.3, -0.25) is 0 Å². The topological polar surface area (TPSA) is 12.0 Å². The summed E-state index contributed by atoms with van der Waals surface area (Å²) in [6, 6.07) is 0. The molecular weight excluding hydrogens is 134 g/mol. The van der Waals surface area contributed by atoms with Gasteiger partial charge in [-0.25, -0.2) is 0 Å². The van der Waals surface area contributed by atoms with Gasteiger partial charge in [0, 0.05) is 12.7 Å². The first-order valence-electron chi connectivity index (χ1n) is 4.05. The Hall–Kier alpha value is -0.720. The quantitative estimate of drug-likeness (QED) is 0.615. The molecule has 0 spiro atoms. The third-order valence-electron chi connectivity index (χ3n) is 1.82. The van der Waals surface area contributed by atoms with Gasteiger partial charge in [-0.15, -0.1) is 0 Å². The highest BCUT2D eigenvalue weighted by Gasteiger charge is 2.06. The van der Waals surface area contributed by atoms with Crippen molar-refractivity contribution in [3.63, 3.8) is 0 Å². The normalized spacial score (nSPS) is 12.9. The molecule has 0 amide bonds. The molecule has 1 heteroatoms. The van der Waals surface area contributed by atoms with E-state index in [0.29, 0.717) is 5.92 Å². The van der Waals surface area contributed by atoms with Crippen molar-refractivity contribution in [2.45, 2.75) is 27.7 Å². The lowest BCUT2D eigenvalue weighted by Crippen LogP contribution is -2.09. The third kappa shape index (κ3) is 2.79. The molecule has 0 saturated heterocycles. The van der Waals surface area contributed by atoms with Crippen LogP contribution in [0, 0.1) is 5.92 Å². The van der Waals surface area contributed by atoms with Crippen LogP contribution in [0.1, 0.15) is 27.7 Å². The molecule has 0 heterocycles. The second-order valence-corrected chi connectivity index (χ2v) is 3.22. The van der Waals surface area contributed by atoms with Gasteiger partial charge in [0.15, 0.2) is 0 Å². The van der Waals surface area contributed by atoms with Crippen molar-refractivity contribution in [2.24, 2.45) is 5.92 Å². The van der Waals surface area contributed by atoms with Gasteiger partial charge in [0.2, 0.25) is 0 Å². The van der Waals surface area contributed by atoms with E-state index in [-0.39, 0.29) is 0 Å². The fraction of sp³-hybridized carbons (Fsp3) is 0.600.